The standard InChI is InChI=1S/C19H16FN5O/c20-12-1-2-17(23-9-12)18-16(10-25(24-18)13-5-8-26-11-13)14-3-6-21-19-15(14)4-7-22-19/h1-4,6-7,9-10,13H,5,8,11H2,(H,21,22)/t13-/m1/s1. The van der Waals surface area contributed by atoms with Crippen LogP contribution in [0.15, 0.2) is 49.1 Å². The molecule has 6 nitrogen and oxygen atoms in total. The maximum Gasteiger partial charge on any atom is 0.141 e. The molecule has 130 valence electrons. The zero-order chi connectivity index (χ0) is 17.5. The number of fused-ring (bicyclic) bond motifs is 1. The number of ether oxygens (including phenoxy) is 1. The summed E-state index contributed by atoms with van der Waals surface area (Å²) in [5, 5.41) is 5.79. The Balaban J connectivity index is 1.72. The van der Waals surface area contributed by atoms with Gasteiger partial charge < -0.3 is 9.72 Å². The SMILES string of the molecule is Fc1ccc(-c2nn([C@@H]3CCOC3)cc2-c2ccnc3[nH]ccc23)nc1. The van der Waals surface area contributed by atoms with E-state index in [1.165, 1.54) is 12.3 Å². The summed E-state index contributed by atoms with van der Waals surface area (Å²) >= 11 is 0. The topological polar surface area (TPSA) is 68.6 Å². The molecule has 5 heterocycles. The Morgan fingerprint density at radius 1 is 1.15 bits per heavy atom. The number of aromatic amines is 1. The van der Waals surface area contributed by atoms with Gasteiger partial charge in [0.15, 0.2) is 0 Å². The van der Waals surface area contributed by atoms with Crippen molar-refractivity contribution >= 4 is 11.0 Å². The fraction of sp³-hybridized carbons (Fsp3) is 0.211. The molecule has 0 saturated carbocycles. The number of hydrogen-bond donors (Lipinski definition) is 1. The molecule has 4 aromatic rings. The summed E-state index contributed by atoms with van der Waals surface area (Å²) in [6.07, 6.45) is 7.81. The van der Waals surface area contributed by atoms with Crippen LogP contribution in [0.25, 0.3) is 33.5 Å². The van der Waals surface area contributed by atoms with E-state index in [-0.39, 0.29) is 11.9 Å². The second-order valence-electron chi connectivity index (χ2n) is 6.35. The minimum absolute atomic E-state index is 0.200. The van der Waals surface area contributed by atoms with E-state index in [1.54, 1.807) is 12.3 Å². The average Bonchev–Trinajstić information content (AvgIpc) is 3.41. The monoisotopic (exact) mass is 349 g/mol. The van der Waals surface area contributed by atoms with Crippen LogP contribution >= 0.6 is 0 Å². The molecule has 5 rings (SSSR count). The van der Waals surface area contributed by atoms with E-state index in [9.17, 15) is 4.39 Å². The maximum atomic E-state index is 13.3. The van der Waals surface area contributed by atoms with Crippen LogP contribution in [0.5, 0.6) is 0 Å². The second kappa shape index (κ2) is 6.03. The van der Waals surface area contributed by atoms with Gasteiger partial charge in [0.2, 0.25) is 0 Å². The third-order valence-corrected chi connectivity index (χ3v) is 4.73. The quantitative estimate of drug-likeness (QED) is 0.614. The van der Waals surface area contributed by atoms with Crippen LogP contribution in [0.1, 0.15) is 12.5 Å². The van der Waals surface area contributed by atoms with Crippen LogP contribution in [0.4, 0.5) is 4.39 Å². The van der Waals surface area contributed by atoms with Gasteiger partial charge in [-0.2, -0.15) is 5.10 Å². The van der Waals surface area contributed by atoms with Crippen LogP contribution in [0.3, 0.4) is 0 Å². The van der Waals surface area contributed by atoms with Crippen molar-refractivity contribution in [2.75, 3.05) is 13.2 Å². The minimum atomic E-state index is -0.365. The van der Waals surface area contributed by atoms with Crippen molar-refractivity contribution in [2.45, 2.75) is 12.5 Å². The Hall–Kier alpha value is -3.06. The molecule has 0 radical (unpaired) electrons. The van der Waals surface area contributed by atoms with Gasteiger partial charge in [0.25, 0.3) is 0 Å². The molecule has 1 N–H and O–H groups in total. The van der Waals surface area contributed by atoms with Crippen molar-refractivity contribution in [3.63, 3.8) is 0 Å². The molecule has 0 unspecified atom stereocenters. The highest BCUT2D eigenvalue weighted by molar-refractivity contribution is 5.96. The Bertz CT molecular complexity index is 1060. The maximum absolute atomic E-state index is 13.3. The molecule has 4 aromatic heterocycles. The normalized spacial score (nSPS) is 17.2. The highest BCUT2D eigenvalue weighted by Crippen LogP contribution is 2.35. The number of halogens is 1. The first-order valence-electron chi connectivity index (χ1n) is 8.51. The molecule has 1 fully saturated rings. The van der Waals surface area contributed by atoms with E-state index in [4.69, 9.17) is 9.84 Å². The lowest BCUT2D eigenvalue weighted by molar-refractivity contribution is 0.184. The molecule has 0 spiro atoms. The van der Waals surface area contributed by atoms with Crippen LogP contribution < -0.4 is 0 Å². The number of rotatable bonds is 3. The summed E-state index contributed by atoms with van der Waals surface area (Å²) in [7, 11) is 0. The number of nitrogens with one attached hydrogen (secondary N) is 1. The van der Waals surface area contributed by atoms with Crippen molar-refractivity contribution in [2.24, 2.45) is 0 Å². The smallest absolute Gasteiger partial charge is 0.141 e. The van der Waals surface area contributed by atoms with Gasteiger partial charge in [-0.3, -0.25) is 9.67 Å². The van der Waals surface area contributed by atoms with Crippen molar-refractivity contribution in [3.8, 4) is 22.5 Å². The number of hydrogen-bond acceptors (Lipinski definition) is 4. The van der Waals surface area contributed by atoms with E-state index in [1.807, 2.05) is 29.2 Å². The van der Waals surface area contributed by atoms with E-state index in [0.717, 1.165) is 40.9 Å². The second-order valence-corrected chi connectivity index (χ2v) is 6.35. The van der Waals surface area contributed by atoms with Gasteiger partial charge in [0.05, 0.1) is 24.5 Å². The molecule has 1 atom stereocenters. The lowest BCUT2D eigenvalue weighted by Gasteiger charge is -2.07. The number of pyridine rings is 2. The minimum Gasteiger partial charge on any atom is -0.379 e. The number of H-pyrrole nitrogens is 1. The Morgan fingerprint density at radius 3 is 2.92 bits per heavy atom. The predicted octanol–water partition coefficient (Wildman–Crippen LogP) is 3.59. The first-order chi connectivity index (χ1) is 12.8. The zero-order valence-corrected chi connectivity index (χ0v) is 13.9. The van der Waals surface area contributed by atoms with Crippen molar-refractivity contribution in [3.05, 3.63) is 54.9 Å². The van der Waals surface area contributed by atoms with Crippen LogP contribution in [-0.2, 0) is 4.74 Å². The molecule has 1 saturated heterocycles. The summed E-state index contributed by atoms with van der Waals surface area (Å²) in [6, 6.07) is 7.23. The molecular formula is C19H16FN5O. The van der Waals surface area contributed by atoms with Crippen LogP contribution in [0, 0.1) is 5.82 Å². The third-order valence-electron chi connectivity index (χ3n) is 4.73. The Labute approximate surface area is 148 Å². The predicted molar refractivity (Wildman–Crippen MR) is 95.0 cm³/mol. The van der Waals surface area contributed by atoms with E-state index < -0.39 is 0 Å². The van der Waals surface area contributed by atoms with Crippen molar-refractivity contribution in [1.82, 2.24) is 24.7 Å². The van der Waals surface area contributed by atoms with Gasteiger partial charge in [-0.25, -0.2) is 9.37 Å². The highest BCUT2D eigenvalue weighted by atomic mass is 19.1. The van der Waals surface area contributed by atoms with E-state index in [0.29, 0.717) is 12.3 Å². The fourth-order valence-electron chi connectivity index (χ4n) is 3.41. The fourth-order valence-corrected chi connectivity index (χ4v) is 3.41. The highest BCUT2D eigenvalue weighted by Gasteiger charge is 2.23. The van der Waals surface area contributed by atoms with Gasteiger partial charge in [0.1, 0.15) is 17.2 Å². The largest absolute Gasteiger partial charge is 0.379 e. The van der Waals surface area contributed by atoms with Gasteiger partial charge in [-0.05, 0) is 36.2 Å². The van der Waals surface area contributed by atoms with E-state index in [2.05, 4.69) is 15.0 Å². The number of nitrogens with zero attached hydrogens (tertiary/aromatic N) is 4. The molecule has 1 aliphatic heterocycles. The van der Waals surface area contributed by atoms with Crippen LogP contribution in [-0.4, -0.2) is 37.9 Å². The molecule has 0 amide bonds. The molecule has 1 aliphatic rings. The Kier molecular flexibility index (Phi) is 3.53. The van der Waals surface area contributed by atoms with Gasteiger partial charge in [-0.1, -0.05) is 0 Å². The average molecular weight is 349 g/mol. The first kappa shape index (κ1) is 15.2. The summed E-state index contributed by atoms with van der Waals surface area (Å²) in [5.41, 5.74) is 4.15. The van der Waals surface area contributed by atoms with Gasteiger partial charge >= 0.3 is 0 Å². The third kappa shape index (κ3) is 2.48. The molecular weight excluding hydrogens is 333 g/mol. The Morgan fingerprint density at radius 2 is 2.12 bits per heavy atom. The lowest BCUT2D eigenvalue weighted by atomic mass is 10.0. The molecule has 7 heteroatoms. The van der Waals surface area contributed by atoms with Crippen molar-refractivity contribution < 1.29 is 9.13 Å². The van der Waals surface area contributed by atoms with Gasteiger partial charge in [0, 0.05) is 36.1 Å². The molecule has 0 bridgehead atoms. The first-order valence-corrected chi connectivity index (χ1v) is 8.51. The number of aromatic nitrogens is 5. The van der Waals surface area contributed by atoms with Gasteiger partial charge in [-0.15, -0.1) is 0 Å². The van der Waals surface area contributed by atoms with E-state index >= 15 is 0 Å². The van der Waals surface area contributed by atoms with Crippen LogP contribution in [0.2, 0.25) is 0 Å². The molecule has 0 aromatic carbocycles. The summed E-state index contributed by atoms with van der Waals surface area (Å²) in [6.45, 7) is 1.38. The van der Waals surface area contributed by atoms with Crippen molar-refractivity contribution in [1.29, 1.82) is 0 Å². The summed E-state index contributed by atoms with van der Waals surface area (Å²) in [4.78, 5) is 11.7. The summed E-state index contributed by atoms with van der Waals surface area (Å²) in [5.74, 6) is -0.365. The molecule has 0 aliphatic carbocycles. The lowest BCUT2D eigenvalue weighted by Crippen LogP contribution is -2.09. The molecule has 26 heavy (non-hydrogen) atoms. The summed E-state index contributed by atoms with van der Waals surface area (Å²) < 4.78 is 20.8. The zero-order valence-electron chi connectivity index (χ0n) is 13.9.